The van der Waals surface area contributed by atoms with Crippen LogP contribution in [-0.4, -0.2) is 9.96 Å². The first-order valence-electron chi connectivity index (χ1n) is 5.08. The Labute approximate surface area is 91.0 Å². The molecule has 0 heterocycles. The van der Waals surface area contributed by atoms with E-state index in [0.717, 1.165) is 12.0 Å². The molecule has 4 heteroatoms. The highest BCUT2D eigenvalue weighted by Gasteiger charge is 2.04. The first-order chi connectivity index (χ1) is 7.14. The van der Waals surface area contributed by atoms with Crippen LogP contribution in [0.1, 0.15) is 25.3 Å². The van der Waals surface area contributed by atoms with E-state index in [-0.39, 0.29) is 12.3 Å². The molecule has 0 bridgehead atoms. The summed E-state index contributed by atoms with van der Waals surface area (Å²) in [5.41, 5.74) is 0.888. The second-order valence-electron chi connectivity index (χ2n) is 3.39. The number of hydrogen-bond acceptors (Lipinski definition) is 2. The van der Waals surface area contributed by atoms with Crippen LogP contribution in [0.2, 0.25) is 0 Å². The van der Waals surface area contributed by atoms with Crippen LogP contribution in [0.25, 0.3) is 0 Å². The van der Waals surface area contributed by atoms with E-state index in [0.29, 0.717) is 6.42 Å². The van der Waals surface area contributed by atoms with Crippen molar-refractivity contribution in [1.82, 2.24) is 0 Å². The van der Waals surface area contributed by atoms with Crippen LogP contribution in [0.3, 0.4) is 0 Å². The smallest absolute Gasteiger partial charge is 0.202 e. The van der Waals surface area contributed by atoms with Gasteiger partial charge in [0, 0.05) is 0 Å². The van der Waals surface area contributed by atoms with Crippen LogP contribution in [0.5, 0.6) is 0 Å². The Hall–Kier alpha value is -0.900. The molecule has 15 heavy (non-hydrogen) atoms. The Morgan fingerprint density at radius 2 is 2.00 bits per heavy atom. The SMILES string of the molecule is CCCCS(=O)(F)=NCc1ccccc1. The highest BCUT2D eigenvalue weighted by Crippen LogP contribution is 2.07. The Kier molecular flexibility index (Phi) is 4.75. The normalized spacial score (nSPS) is 14.5. The lowest BCUT2D eigenvalue weighted by Gasteiger charge is -1.99. The third-order valence-corrected chi connectivity index (χ3v) is 3.34. The van der Waals surface area contributed by atoms with Crippen molar-refractivity contribution in [2.24, 2.45) is 4.36 Å². The monoisotopic (exact) mass is 229 g/mol. The van der Waals surface area contributed by atoms with E-state index >= 15 is 0 Å². The molecule has 0 saturated heterocycles. The van der Waals surface area contributed by atoms with Crippen LogP contribution >= 0.6 is 0 Å². The predicted octanol–water partition coefficient (Wildman–Crippen LogP) is 3.34. The van der Waals surface area contributed by atoms with Crippen molar-refractivity contribution in [2.45, 2.75) is 26.3 Å². The highest BCUT2D eigenvalue weighted by molar-refractivity contribution is 7.88. The van der Waals surface area contributed by atoms with E-state index < -0.39 is 10.1 Å². The number of hydrogen-bond donors (Lipinski definition) is 0. The molecule has 0 fully saturated rings. The lowest BCUT2D eigenvalue weighted by atomic mass is 10.2. The highest BCUT2D eigenvalue weighted by atomic mass is 32.3. The Balaban J connectivity index is 2.60. The summed E-state index contributed by atoms with van der Waals surface area (Å²) in [6.07, 6.45) is 1.45. The second-order valence-corrected chi connectivity index (χ2v) is 5.18. The van der Waals surface area contributed by atoms with E-state index in [4.69, 9.17) is 0 Å². The van der Waals surface area contributed by atoms with Gasteiger partial charge in [0.15, 0.2) is 0 Å². The number of unbranched alkanes of at least 4 members (excludes halogenated alkanes) is 1. The molecule has 0 N–H and O–H groups in total. The molecule has 1 aromatic carbocycles. The molecule has 2 nitrogen and oxygen atoms in total. The lowest BCUT2D eigenvalue weighted by molar-refractivity contribution is 0.631. The van der Waals surface area contributed by atoms with E-state index in [1.54, 1.807) is 0 Å². The molecular formula is C11H16FNOS. The second kappa shape index (κ2) is 5.85. The van der Waals surface area contributed by atoms with Crippen molar-refractivity contribution in [3.63, 3.8) is 0 Å². The Morgan fingerprint density at radius 3 is 2.60 bits per heavy atom. The molecule has 1 aromatic rings. The molecule has 0 aromatic heterocycles. The molecule has 0 aliphatic carbocycles. The summed E-state index contributed by atoms with van der Waals surface area (Å²) >= 11 is 0. The maximum absolute atomic E-state index is 13.3. The molecule has 0 saturated carbocycles. The first kappa shape index (κ1) is 12.2. The van der Waals surface area contributed by atoms with Crippen LogP contribution in [0, 0.1) is 0 Å². The molecular weight excluding hydrogens is 213 g/mol. The van der Waals surface area contributed by atoms with Gasteiger partial charge in [0.05, 0.1) is 12.3 Å². The topological polar surface area (TPSA) is 29.4 Å². The molecule has 0 aliphatic rings. The summed E-state index contributed by atoms with van der Waals surface area (Å²) in [5, 5.41) is 0. The molecule has 0 spiro atoms. The zero-order valence-electron chi connectivity index (χ0n) is 8.86. The van der Waals surface area contributed by atoms with Gasteiger partial charge in [0.25, 0.3) is 0 Å². The van der Waals surface area contributed by atoms with Gasteiger partial charge in [-0.1, -0.05) is 43.7 Å². The largest absolute Gasteiger partial charge is 0.217 e. The first-order valence-corrected chi connectivity index (χ1v) is 6.66. The Morgan fingerprint density at radius 1 is 1.33 bits per heavy atom. The summed E-state index contributed by atoms with van der Waals surface area (Å²) < 4.78 is 28.2. The van der Waals surface area contributed by atoms with Gasteiger partial charge >= 0.3 is 0 Å². The fourth-order valence-electron chi connectivity index (χ4n) is 1.14. The minimum atomic E-state index is -3.47. The van der Waals surface area contributed by atoms with Crippen molar-refractivity contribution < 1.29 is 8.09 Å². The summed E-state index contributed by atoms with van der Waals surface area (Å²) in [6, 6.07) is 9.29. The zero-order valence-corrected chi connectivity index (χ0v) is 9.67. The minimum Gasteiger partial charge on any atom is -0.217 e. The maximum Gasteiger partial charge on any atom is 0.202 e. The van der Waals surface area contributed by atoms with Crippen LogP contribution in [-0.2, 0) is 16.7 Å². The number of nitrogens with zero attached hydrogens (tertiary/aromatic N) is 1. The van der Waals surface area contributed by atoms with Crippen LogP contribution < -0.4 is 0 Å². The van der Waals surface area contributed by atoms with Crippen LogP contribution in [0.15, 0.2) is 34.7 Å². The van der Waals surface area contributed by atoms with E-state index in [9.17, 15) is 8.09 Å². The van der Waals surface area contributed by atoms with Gasteiger partial charge in [0.2, 0.25) is 10.1 Å². The van der Waals surface area contributed by atoms with E-state index in [1.165, 1.54) is 0 Å². The van der Waals surface area contributed by atoms with Crippen molar-refractivity contribution in [1.29, 1.82) is 0 Å². The maximum atomic E-state index is 13.3. The molecule has 0 amide bonds. The molecule has 84 valence electrons. The van der Waals surface area contributed by atoms with E-state index in [2.05, 4.69) is 4.36 Å². The number of benzene rings is 1. The van der Waals surface area contributed by atoms with Gasteiger partial charge < -0.3 is 0 Å². The molecule has 0 radical (unpaired) electrons. The van der Waals surface area contributed by atoms with Crippen molar-refractivity contribution >= 4 is 10.1 Å². The van der Waals surface area contributed by atoms with Crippen molar-refractivity contribution in [3.8, 4) is 0 Å². The Bertz CT molecular complexity index is 396. The average Bonchev–Trinajstić information content (AvgIpc) is 2.25. The summed E-state index contributed by atoms with van der Waals surface area (Å²) in [6.45, 7) is 2.13. The zero-order chi connectivity index (χ0) is 11.1. The quantitative estimate of drug-likeness (QED) is 0.712. The molecule has 1 unspecified atom stereocenters. The standard InChI is InChI=1S/C11H16FNOS/c1-2-3-9-15(12,14)13-10-11-7-5-4-6-8-11/h4-8H,2-3,9-10H2,1H3. The lowest BCUT2D eigenvalue weighted by Crippen LogP contribution is -1.98. The van der Waals surface area contributed by atoms with Gasteiger partial charge in [-0.15, -0.1) is 3.89 Å². The third-order valence-electron chi connectivity index (χ3n) is 2.03. The molecule has 1 rings (SSSR count). The molecule has 1 atom stereocenters. The van der Waals surface area contributed by atoms with Gasteiger partial charge in [-0.3, -0.25) is 0 Å². The van der Waals surface area contributed by atoms with E-state index in [1.807, 2.05) is 37.3 Å². The summed E-state index contributed by atoms with van der Waals surface area (Å²) in [7, 11) is -3.47. The van der Waals surface area contributed by atoms with Gasteiger partial charge in [-0.25, -0.2) is 8.57 Å². The fourth-order valence-corrected chi connectivity index (χ4v) is 2.26. The molecule has 0 aliphatic heterocycles. The summed E-state index contributed by atoms with van der Waals surface area (Å²) in [4.78, 5) is 0. The third kappa shape index (κ3) is 4.93. The van der Waals surface area contributed by atoms with Crippen LogP contribution in [0.4, 0.5) is 3.89 Å². The van der Waals surface area contributed by atoms with Gasteiger partial charge in [-0.05, 0) is 12.0 Å². The number of rotatable bonds is 5. The van der Waals surface area contributed by atoms with Gasteiger partial charge in [-0.2, -0.15) is 0 Å². The predicted molar refractivity (Wildman–Crippen MR) is 61.6 cm³/mol. The average molecular weight is 229 g/mol. The van der Waals surface area contributed by atoms with Crippen molar-refractivity contribution in [3.05, 3.63) is 35.9 Å². The van der Waals surface area contributed by atoms with Crippen molar-refractivity contribution in [2.75, 3.05) is 5.75 Å². The minimum absolute atomic E-state index is 0.0519. The fraction of sp³-hybridized carbons (Fsp3) is 0.455. The summed E-state index contributed by atoms with van der Waals surface area (Å²) in [5.74, 6) is 0.0519. The number of halogens is 1. The van der Waals surface area contributed by atoms with Gasteiger partial charge in [0.1, 0.15) is 0 Å².